The van der Waals surface area contributed by atoms with Crippen LogP contribution in [0.2, 0.25) is 5.02 Å². The highest BCUT2D eigenvalue weighted by molar-refractivity contribution is 6.30. The number of hydrogen-bond acceptors (Lipinski definition) is 4. The summed E-state index contributed by atoms with van der Waals surface area (Å²) >= 11 is 5.96. The lowest BCUT2D eigenvalue weighted by Gasteiger charge is -2.36. The zero-order valence-electron chi connectivity index (χ0n) is 15.6. The van der Waals surface area contributed by atoms with Crippen LogP contribution in [0.5, 0.6) is 5.75 Å². The lowest BCUT2D eigenvalue weighted by molar-refractivity contribution is -0.115. The van der Waals surface area contributed by atoms with Crippen molar-refractivity contribution in [3.63, 3.8) is 0 Å². The molecule has 0 bridgehead atoms. The fraction of sp³-hybridized carbons (Fsp3) is 0.333. The summed E-state index contributed by atoms with van der Waals surface area (Å²) in [6, 6.07) is 9.69. The predicted molar refractivity (Wildman–Crippen MR) is 108 cm³/mol. The van der Waals surface area contributed by atoms with Gasteiger partial charge in [0.1, 0.15) is 5.75 Å². The molecule has 2 amide bonds. The standard InChI is InChI=1S/C21H23ClN2O4/c1-21(7-9-28-10-8-21)19-15(20(23)27)3-2-4-16(19)24-18(26)12-13-11-14(22)5-6-17(13)25/h2-6,11,25H,7-10,12H2,1H3,(H2,23,27)(H,24,26). The fourth-order valence-corrected chi connectivity index (χ4v) is 3.84. The Morgan fingerprint density at radius 2 is 1.96 bits per heavy atom. The summed E-state index contributed by atoms with van der Waals surface area (Å²) in [7, 11) is 0. The molecule has 1 heterocycles. The molecule has 6 nitrogen and oxygen atoms in total. The summed E-state index contributed by atoms with van der Waals surface area (Å²) in [6.07, 6.45) is 1.39. The lowest BCUT2D eigenvalue weighted by Crippen LogP contribution is -2.34. The first-order chi connectivity index (χ1) is 13.3. The fourth-order valence-electron chi connectivity index (χ4n) is 3.65. The van der Waals surface area contributed by atoms with Gasteiger partial charge in [0.25, 0.3) is 0 Å². The Bertz CT molecular complexity index is 907. The van der Waals surface area contributed by atoms with Crippen LogP contribution in [0.15, 0.2) is 36.4 Å². The van der Waals surface area contributed by atoms with Crippen molar-refractivity contribution in [2.24, 2.45) is 5.73 Å². The number of anilines is 1. The molecule has 0 aromatic heterocycles. The second-order valence-electron chi connectivity index (χ2n) is 7.26. The molecule has 2 aromatic rings. The number of carbonyl (C=O) groups excluding carboxylic acids is 2. The number of amides is 2. The van der Waals surface area contributed by atoms with Crippen LogP contribution in [-0.2, 0) is 21.4 Å². The molecule has 3 rings (SSSR count). The molecule has 0 saturated carbocycles. The number of phenols is 1. The number of ether oxygens (including phenoxy) is 1. The largest absolute Gasteiger partial charge is 0.508 e. The van der Waals surface area contributed by atoms with Crippen LogP contribution in [-0.4, -0.2) is 30.1 Å². The molecule has 1 aliphatic heterocycles. The van der Waals surface area contributed by atoms with Gasteiger partial charge in [-0.25, -0.2) is 0 Å². The number of carbonyl (C=O) groups is 2. The smallest absolute Gasteiger partial charge is 0.249 e. The van der Waals surface area contributed by atoms with Crippen LogP contribution in [0.1, 0.15) is 41.3 Å². The van der Waals surface area contributed by atoms with Crippen LogP contribution in [0.4, 0.5) is 5.69 Å². The minimum Gasteiger partial charge on any atom is -0.508 e. The summed E-state index contributed by atoms with van der Waals surface area (Å²) in [5.74, 6) is -0.857. The molecule has 0 unspecified atom stereocenters. The van der Waals surface area contributed by atoms with Gasteiger partial charge < -0.3 is 20.9 Å². The van der Waals surface area contributed by atoms with Crippen molar-refractivity contribution in [2.75, 3.05) is 18.5 Å². The number of nitrogens with one attached hydrogen (secondary N) is 1. The van der Waals surface area contributed by atoms with E-state index in [1.54, 1.807) is 30.3 Å². The van der Waals surface area contributed by atoms with Crippen LogP contribution in [0.3, 0.4) is 0 Å². The Morgan fingerprint density at radius 1 is 1.25 bits per heavy atom. The van der Waals surface area contributed by atoms with Crippen molar-refractivity contribution in [2.45, 2.75) is 31.6 Å². The molecule has 0 spiro atoms. The average molecular weight is 403 g/mol. The number of halogens is 1. The van der Waals surface area contributed by atoms with Gasteiger partial charge in [0.2, 0.25) is 11.8 Å². The van der Waals surface area contributed by atoms with E-state index in [2.05, 4.69) is 12.2 Å². The van der Waals surface area contributed by atoms with Gasteiger partial charge in [-0.2, -0.15) is 0 Å². The van der Waals surface area contributed by atoms with Crippen molar-refractivity contribution < 1.29 is 19.4 Å². The number of benzene rings is 2. The van der Waals surface area contributed by atoms with E-state index in [4.69, 9.17) is 22.1 Å². The van der Waals surface area contributed by atoms with Crippen molar-refractivity contribution in [3.8, 4) is 5.75 Å². The Labute approximate surface area is 168 Å². The second-order valence-corrected chi connectivity index (χ2v) is 7.70. The van der Waals surface area contributed by atoms with Crippen LogP contribution >= 0.6 is 11.6 Å². The number of rotatable bonds is 5. The number of hydrogen-bond donors (Lipinski definition) is 3. The molecule has 28 heavy (non-hydrogen) atoms. The topological polar surface area (TPSA) is 102 Å². The molecule has 1 aliphatic rings. The molecule has 148 valence electrons. The first-order valence-corrected chi connectivity index (χ1v) is 9.46. The van der Waals surface area contributed by atoms with Gasteiger partial charge in [-0.05, 0) is 54.2 Å². The molecule has 4 N–H and O–H groups in total. The van der Waals surface area contributed by atoms with E-state index >= 15 is 0 Å². The van der Waals surface area contributed by atoms with Gasteiger partial charge in [-0.3, -0.25) is 9.59 Å². The molecule has 2 aromatic carbocycles. The number of phenolic OH excluding ortho intramolecular Hbond substituents is 1. The lowest BCUT2D eigenvalue weighted by atomic mass is 9.73. The highest BCUT2D eigenvalue weighted by atomic mass is 35.5. The summed E-state index contributed by atoms with van der Waals surface area (Å²) in [6.45, 7) is 3.20. The first kappa shape index (κ1) is 20.2. The summed E-state index contributed by atoms with van der Waals surface area (Å²) in [5.41, 5.74) is 7.37. The number of aromatic hydroxyl groups is 1. The average Bonchev–Trinajstić information content (AvgIpc) is 2.65. The third-order valence-corrected chi connectivity index (χ3v) is 5.43. The SMILES string of the molecule is CC1(c2c(NC(=O)Cc3cc(Cl)ccc3O)cccc2C(N)=O)CCOCC1. The molecule has 1 saturated heterocycles. The van der Waals surface area contributed by atoms with Crippen molar-refractivity contribution in [1.29, 1.82) is 0 Å². The van der Waals surface area contributed by atoms with Gasteiger partial charge in [0, 0.05) is 35.1 Å². The molecule has 1 fully saturated rings. The van der Waals surface area contributed by atoms with Gasteiger partial charge in [-0.15, -0.1) is 0 Å². The van der Waals surface area contributed by atoms with E-state index in [0.29, 0.717) is 35.1 Å². The zero-order chi connectivity index (χ0) is 20.3. The van der Waals surface area contributed by atoms with Crippen LogP contribution in [0.25, 0.3) is 0 Å². The Kier molecular flexibility index (Phi) is 5.91. The summed E-state index contributed by atoms with van der Waals surface area (Å²) in [5, 5.41) is 13.3. The minimum absolute atomic E-state index is 0.00190. The quantitative estimate of drug-likeness (QED) is 0.713. The van der Waals surface area contributed by atoms with Gasteiger partial charge in [0.05, 0.1) is 6.42 Å². The van der Waals surface area contributed by atoms with Crippen LogP contribution < -0.4 is 11.1 Å². The molecule has 0 aliphatic carbocycles. The highest BCUT2D eigenvalue weighted by Gasteiger charge is 2.35. The van der Waals surface area contributed by atoms with E-state index < -0.39 is 5.91 Å². The maximum Gasteiger partial charge on any atom is 0.249 e. The maximum absolute atomic E-state index is 12.7. The zero-order valence-corrected chi connectivity index (χ0v) is 16.4. The minimum atomic E-state index is -0.536. The highest BCUT2D eigenvalue weighted by Crippen LogP contribution is 2.40. The second kappa shape index (κ2) is 8.20. The Balaban J connectivity index is 1.93. The molecule has 0 atom stereocenters. The monoisotopic (exact) mass is 402 g/mol. The Morgan fingerprint density at radius 3 is 2.64 bits per heavy atom. The first-order valence-electron chi connectivity index (χ1n) is 9.08. The number of primary amides is 1. The third kappa shape index (κ3) is 4.29. The van der Waals surface area contributed by atoms with E-state index in [0.717, 1.165) is 18.4 Å². The third-order valence-electron chi connectivity index (χ3n) is 5.20. The van der Waals surface area contributed by atoms with Crippen LogP contribution in [0, 0.1) is 0 Å². The van der Waals surface area contributed by atoms with Crippen molar-refractivity contribution in [1.82, 2.24) is 0 Å². The molecule has 0 radical (unpaired) electrons. The van der Waals surface area contributed by atoms with Gasteiger partial charge >= 0.3 is 0 Å². The van der Waals surface area contributed by atoms with Crippen molar-refractivity contribution in [3.05, 3.63) is 58.1 Å². The predicted octanol–water partition coefficient (Wildman–Crippen LogP) is 3.39. The van der Waals surface area contributed by atoms with Gasteiger partial charge in [-0.1, -0.05) is 24.6 Å². The Hall–Kier alpha value is -2.57. The normalized spacial score (nSPS) is 15.8. The van der Waals surface area contributed by atoms with Crippen molar-refractivity contribution >= 4 is 29.1 Å². The molecular weight excluding hydrogens is 380 g/mol. The molecule has 7 heteroatoms. The van der Waals surface area contributed by atoms with Gasteiger partial charge in [0.15, 0.2) is 0 Å². The van der Waals surface area contributed by atoms with E-state index in [9.17, 15) is 14.7 Å². The molecular formula is C21H23ClN2O4. The van der Waals surface area contributed by atoms with E-state index in [-0.39, 0.29) is 23.5 Å². The maximum atomic E-state index is 12.7. The summed E-state index contributed by atoms with van der Waals surface area (Å²) in [4.78, 5) is 24.7. The number of nitrogens with two attached hydrogens (primary N) is 1. The van der Waals surface area contributed by atoms with E-state index in [1.165, 1.54) is 6.07 Å². The van der Waals surface area contributed by atoms with E-state index in [1.807, 2.05) is 0 Å². The summed E-state index contributed by atoms with van der Waals surface area (Å²) < 4.78 is 5.47.